The van der Waals surface area contributed by atoms with Gasteiger partial charge in [-0.3, -0.25) is 0 Å². The fourth-order valence-corrected chi connectivity index (χ4v) is 1.45. The molecule has 1 aromatic rings. The first kappa shape index (κ1) is 8.99. The number of aromatic nitrogens is 1. The van der Waals surface area contributed by atoms with E-state index in [1.807, 2.05) is 30.1 Å². The number of hydrazone groups is 1. The Bertz CT molecular complexity index is 372. The minimum absolute atomic E-state index is 0.317. The summed E-state index contributed by atoms with van der Waals surface area (Å²) in [6.07, 6.45) is 0. The third-order valence-electron chi connectivity index (χ3n) is 2.33. The largest absolute Gasteiger partial charge is 0.385 e. The van der Waals surface area contributed by atoms with E-state index >= 15 is 0 Å². The second kappa shape index (κ2) is 3.29. The minimum atomic E-state index is 0.317. The quantitative estimate of drug-likeness (QED) is 0.722. The number of anilines is 1. The van der Waals surface area contributed by atoms with Gasteiger partial charge in [-0.15, -0.1) is 0 Å². The molecule has 74 valence electrons. The minimum Gasteiger partial charge on any atom is -0.385 e. The van der Waals surface area contributed by atoms with Gasteiger partial charge in [0.2, 0.25) is 0 Å². The third-order valence-corrected chi connectivity index (χ3v) is 2.33. The predicted molar refractivity (Wildman–Crippen MR) is 57.1 cm³/mol. The Labute approximate surface area is 83.4 Å². The van der Waals surface area contributed by atoms with Crippen molar-refractivity contribution in [3.8, 4) is 0 Å². The van der Waals surface area contributed by atoms with E-state index in [1.165, 1.54) is 0 Å². The van der Waals surface area contributed by atoms with Gasteiger partial charge in [-0.1, -0.05) is 13.0 Å². The number of nitrogens with two attached hydrogens (primary N) is 1. The van der Waals surface area contributed by atoms with Crippen molar-refractivity contribution >= 4 is 11.7 Å². The van der Waals surface area contributed by atoms with Gasteiger partial charge in [-0.25, -0.2) is 9.99 Å². The maximum absolute atomic E-state index is 5.72. The molecule has 1 aliphatic heterocycles. The molecule has 0 aromatic carbocycles. The molecular formula is C10H14N4. The topological polar surface area (TPSA) is 54.5 Å². The highest BCUT2D eigenvalue weighted by Gasteiger charge is 2.21. The Balaban J connectivity index is 2.26. The van der Waals surface area contributed by atoms with E-state index in [1.54, 1.807) is 0 Å². The number of hydrogen-bond donors (Lipinski definition) is 1. The molecule has 4 nitrogen and oxygen atoms in total. The van der Waals surface area contributed by atoms with Gasteiger partial charge < -0.3 is 5.73 Å². The van der Waals surface area contributed by atoms with Crippen LogP contribution in [0.4, 0.5) is 5.82 Å². The molecule has 1 atom stereocenters. The van der Waals surface area contributed by atoms with Crippen molar-refractivity contribution in [3.63, 3.8) is 0 Å². The molecule has 0 amide bonds. The number of nitrogens with zero attached hydrogens (tertiary/aromatic N) is 3. The molecular weight excluding hydrogens is 176 g/mol. The second-order valence-corrected chi connectivity index (χ2v) is 3.65. The van der Waals surface area contributed by atoms with Crippen LogP contribution in [0.15, 0.2) is 23.3 Å². The average Bonchev–Trinajstić information content (AvgIpc) is 2.47. The summed E-state index contributed by atoms with van der Waals surface area (Å²) in [4.78, 5) is 4.39. The van der Waals surface area contributed by atoms with Gasteiger partial charge in [-0.2, -0.15) is 5.10 Å². The van der Waals surface area contributed by atoms with Gasteiger partial charge >= 0.3 is 0 Å². The first-order valence-corrected chi connectivity index (χ1v) is 4.72. The SMILES string of the molecule is Cc1cccc(N2CC(C)C(N)=N2)n1. The molecule has 0 aliphatic carbocycles. The van der Waals surface area contributed by atoms with Crippen LogP contribution in [0, 0.1) is 12.8 Å². The summed E-state index contributed by atoms with van der Waals surface area (Å²) in [6, 6.07) is 5.89. The molecule has 1 unspecified atom stereocenters. The lowest BCUT2D eigenvalue weighted by atomic mass is 10.2. The first-order valence-electron chi connectivity index (χ1n) is 4.72. The molecule has 14 heavy (non-hydrogen) atoms. The molecule has 0 spiro atoms. The monoisotopic (exact) mass is 190 g/mol. The van der Waals surface area contributed by atoms with E-state index in [-0.39, 0.29) is 0 Å². The Morgan fingerprint density at radius 1 is 1.50 bits per heavy atom. The zero-order valence-electron chi connectivity index (χ0n) is 8.44. The van der Waals surface area contributed by atoms with Crippen LogP contribution in [0.3, 0.4) is 0 Å². The summed E-state index contributed by atoms with van der Waals surface area (Å²) in [5.74, 6) is 1.88. The van der Waals surface area contributed by atoms with Gasteiger partial charge in [0.1, 0.15) is 11.7 Å². The fourth-order valence-electron chi connectivity index (χ4n) is 1.45. The predicted octanol–water partition coefficient (Wildman–Crippen LogP) is 1.12. The van der Waals surface area contributed by atoms with Crippen LogP contribution in [0.1, 0.15) is 12.6 Å². The van der Waals surface area contributed by atoms with Crippen molar-refractivity contribution in [3.05, 3.63) is 23.9 Å². The Kier molecular flexibility index (Phi) is 2.11. The lowest BCUT2D eigenvalue weighted by molar-refractivity contribution is 0.763. The summed E-state index contributed by atoms with van der Waals surface area (Å²) >= 11 is 0. The summed E-state index contributed by atoms with van der Waals surface area (Å²) in [7, 11) is 0. The van der Waals surface area contributed by atoms with Gasteiger partial charge in [0.15, 0.2) is 0 Å². The first-order chi connectivity index (χ1) is 6.66. The van der Waals surface area contributed by atoms with E-state index in [0.29, 0.717) is 11.8 Å². The highest BCUT2D eigenvalue weighted by molar-refractivity contribution is 5.86. The third kappa shape index (κ3) is 1.55. The molecule has 2 N–H and O–H groups in total. The van der Waals surface area contributed by atoms with E-state index in [0.717, 1.165) is 18.1 Å². The van der Waals surface area contributed by atoms with Crippen molar-refractivity contribution in [2.24, 2.45) is 16.8 Å². The molecule has 1 aromatic heterocycles. The Hall–Kier alpha value is -1.58. The summed E-state index contributed by atoms with van der Waals surface area (Å²) in [6.45, 7) is 4.85. The number of aryl methyl sites for hydroxylation is 1. The van der Waals surface area contributed by atoms with Gasteiger partial charge in [0, 0.05) is 11.6 Å². The van der Waals surface area contributed by atoms with Crippen LogP contribution in [0.2, 0.25) is 0 Å². The number of hydrogen-bond acceptors (Lipinski definition) is 4. The van der Waals surface area contributed by atoms with Gasteiger partial charge in [0.05, 0.1) is 6.54 Å². The number of pyridine rings is 1. The summed E-state index contributed by atoms with van der Waals surface area (Å²) < 4.78 is 0. The number of rotatable bonds is 1. The maximum Gasteiger partial charge on any atom is 0.149 e. The van der Waals surface area contributed by atoms with Crippen molar-refractivity contribution in [2.45, 2.75) is 13.8 Å². The molecule has 0 fully saturated rings. The summed E-state index contributed by atoms with van der Waals surface area (Å²) in [5.41, 5.74) is 6.72. The van der Waals surface area contributed by atoms with E-state index in [4.69, 9.17) is 5.73 Å². The second-order valence-electron chi connectivity index (χ2n) is 3.65. The molecule has 0 bridgehead atoms. The number of amidine groups is 1. The van der Waals surface area contributed by atoms with Crippen LogP contribution in [0.5, 0.6) is 0 Å². The van der Waals surface area contributed by atoms with Crippen LogP contribution in [-0.4, -0.2) is 17.4 Å². The van der Waals surface area contributed by atoms with Gasteiger partial charge in [-0.05, 0) is 19.1 Å². The molecule has 4 heteroatoms. The molecule has 0 saturated carbocycles. The Morgan fingerprint density at radius 2 is 2.29 bits per heavy atom. The van der Waals surface area contributed by atoms with E-state index in [2.05, 4.69) is 17.0 Å². The van der Waals surface area contributed by atoms with Crippen molar-refractivity contribution in [1.29, 1.82) is 0 Å². The van der Waals surface area contributed by atoms with Crippen molar-refractivity contribution in [2.75, 3.05) is 11.6 Å². The lowest BCUT2D eigenvalue weighted by Crippen LogP contribution is -2.20. The van der Waals surface area contributed by atoms with E-state index in [9.17, 15) is 0 Å². The zero-order chi connectivity index (χ0) is 10.1. The lowest BCUT2D eigenvalue weighted by Gasteiger charge is -2.13. The summed E-state index contributed by atoms with van der Waals surface area (Å²) in [5, 5.41) is 6.10. The highest BCUT2D eigenvalue weighted by Crippen LogP contribution is 2.18. The van der Waals surface area contributed by atoms with Gasteiger partial charge in [0.25, 0.3) is 0 Å². The molecule has 0 saturated heterocycles. The smallest absolute Gasteiger partial charge is 0.149 e. The average molecular weight is 190 g/mol. The molecule has 2 rings (SSSR count). The van der Waals surface area contributed by atoms with E-state index < -0.39 is 0 Å². The zero-order valence-corrected chi connectivity index (χ0v) is 8.44. The molecule has 2 heterocycles. The Morgan fingerprint density at radius 3 is 2.86 bits per heavy atom. The van der Waals surface area contributed by atoms with Crippen molar-refractivity contribution < 1.29 is 0 Å². The normalized spacial score (nSPS) is 21.1. The van der Waals surface area contributed by atoms with Crippen LogP contribution in [0.25, 0.3) is 0 Å². The fraction of sp³-hybridized carbons (Fsp3) is 0.400. The van der Waals surface area contributed by atoms with Crippen LogP contribution >= 0.6 is 0 Å². The maximum atomic E-state index is 5.72. The molecule has 1 aliphatic rings. The molecule has 0 radical (unpaired) electrons. The highest BCUT2D eigenvalue weighted by atomic mass is 15.5. The van der Waals surface area contributed by atoms with Crippen molar-refractivity contribution in [1.82, 2.24) is 4.98 Å². The van der Waals surface area contributed by atoms with Crippen LogP contribution in [-0.2, 0) is 0 Å². The standard InChI is InChI=1S/C10H14N4/c1-7-6-14(13-10(7)11)9-5-3-4-8(2)12-9/h3-5,7H,6H2,1-2H3,(H2,11,13). The van der Waals surface area contributed by atoms with Crippen LogP contribution < -0.4 is 10.7 Å².